The predicted octanol–water partition coefficient (Wildman–Crippen LogP) is 3.47. The molecule has 0 saturated carbocycles. The van der Waals surface area contributed by atoms with E-state index < -0.39 is 10.0 Å². The van der Waals surface area contributed by atoms with Crippen LogP contribution in [0.3, 0.4) is 0 Å². The average molecular weight is 513 g/mol. The molecule has 3 heterocycles. The first-order chi connectivity index (χ1) is 14.3. The van der Waals surface area contributed by atoms with E-state index in [0.717, 1.165) is 36.4 Å². The number of halogens is 2. The van der Waals surface area contributed by atoms with Crippen LogP contribution in [0.25, 0.3) is 10.1 Å². The first kappa shape index (κ1) is 21.6. The van der Waals surface area contributed by atoms with E-state index in [1.165, 1.54) is 23.5 Å². The number of likely N-dealkylation sites (N-methyl/N-ethyl adjacent to an activating group) is 1. The van der Waals surface area contributed by atoms with E-state index in [9.17, 15) is 12.8 Å². The van der Waals surface area contributed by atoms with E-state index >= 15 is 0 Å². The van der Waals surface area contributed by atoms with Crippen molar-refractivity contribution in [3.63, 3.8) is 0 Å². The van der Waals surface area contributed by atoms with Crippen molar-refractivity contribution in [2.45, 2.75) is 11.3 Å². The molecular weight excluding hydrogens is 491 g/mol. The lowest BCUT2D eigenvalue weighted by Crippen LogP contribution is -2.45. The van der Waals surface area contributed by atoms with Gasteiger partial charge in [0, 0.05) is 43.6 Å². The van der Waals surface area contributed by atoms with Gasteiger partial charge in [-0.25, -0.2) is 22.5 Å². The number of anilines is 1. The Morgan fingerprint density at radius 3 is 2.57 bits per heavy atom. The highest BCUT2D eigenvalue weighted by Crippen LogP contribution is 2.42. The van der Waals surface area contributed by atoms with E-state index in [4.69, 9.17) is 0 Å². The Balaban J connectivity index is 1.62. The molecule has 160 valence electrons. The molecule has 0 radical (unpaired) electrons. The number of nitrogens with one attached hydrogen (secondary N) is 1. The number of pyridine rings is 1. The van der Waals surface area contributed by atoms with Gasteiger partial charge >= 0.3 is 0 Å². The van der Waals surface area contributed by atoms with Crippen LogP contribution in [-0.2, 0) is 16.4 Å². The maximum Gasteiger partial charge on any atom is 0.243 e. The van der Waals surface area contributed by atoms with E-state index in [1.54, 1.807) is 18.3 Å². The second-order valence-corrected chi connectivity index (χ2v) is 11.4. The molecule has 1 aliphatic rings. The first-order valence-corrected chi connectivity index (χ1v) is 12.7. The zero-order valence-electron chi connectivity index (χ0n) is 16.4. The Hall–Kier alpha value is -1.59. The molecule has 30 heavy (non-hydrogen) atoms. The highest BCUT2D eigenvalue weighted by molar-refractivity contribution is 9.11. The van der Waals surface area contributed by atoms with Crippen molar-refractivity contribution in [1.82, 2.24) is 14.6 Å². The number of nitrogens with zero attached hydrogens (tertiary/aromatic N) is 3. The number of hydrogen-bond donors (Lipinski definition) is 1. The molecule has 1 aromatic carbocycles. The van der Waals surface area contributed by atoms with Gasteiger partial charge in [-0.15, -0.1) is 11.3 Å². The van der Waals surface area contributed by atoms with Gasteiger partial charge in [0.15, 0.2) is 0 Å². The molecule has 0 atom stereocenters. The van der Waals surface area contributed by atoms with Gasteiger partial charge in [0.1, 0.15) is 16.5 Å². The standard InChI is InChI=1S/C20H22BrFN4O2S2/c1-25-10-12-26(13-11-25)20-17-16(7-8-23-20)29-19(21)18(17)30(27,28)24-9-6-14-2-4-15(22)5-3-14/h2-5,7-8,24H,6,9-13H2,1H3. The third kappa shape index (κ3) is 4.52. The van der Waals surface area contributed by atoms with Crippen LogP contribution in [0.4, 0.5) is 10.2 Å². The van der Waals surface area contributed by atoms with Gasteiger partial charge in [0.25, 0.3) is 0 Å². The maximum atomic E-state index is 13.2. The molecule has 4 rings (SSSR count). The zero-order chi connectivity index (χ0) is 21.3. The van der Waals surface area contributed by atoms with Crippen molar-refractivity contribution in [2.75, 3.05) is 44.7 Å². The molecule has 1 saturated heterocycles. The molecule has 1 aliphatic heterocycles. The van der Waals surface area contributed by atoms with Gasteiger partial charge in [-0.1, -0.05) is 12.1 Å². The number of benzene rings is 1. The molecule has 0 unspecified atom stereocenters. The number of aromatic nitrogens is 1. The molecule has 0 spiro atoms. The number of sulfonamides is 1. The van der Waals surface area contributed by atoms with Crippen LogP contribution < -0.4 is 9.62 Å². The van der Waals surface area contributed by atoms with Gasteiger partial charge < -0.3 is 9.80 Å². The summed E-state index contributed by atoms with van der Waals surface area (Å²) in [5.41, 5.74) is 0.869. The quantitative estimate of drug-likeness (QED) is 0.547. The van der Waals surface area contributed by atoms with Crippen LogP contribution in [-0.4, -0.2) is 58.1 Å². The summed E-state index contributed by atoms with van der Waals surface area (Å²) in [5, 5.41) is 0.660. The largest absolute Gasteiger partial charge is 0.353 e. The minimum Gasteiger partial charge on any atom is -0.353 e. The highest BCUT2D eigenvalue weighted by Gasteiger charge is 2.28. The number of fused-ring (bicyclic) bond motifs is 1. The van der Waals surface area contributed by atoms with Gasteiger partial charge in [-0.3, -0.25) is 0 Å². The SMILES string of the molecule is CN1CCN(c2nccc3sc(Br)c(S(=O)(=O)NCCc4ccc(F)cc4)c23)CC1. The first-order valence-electron chi connectivity index (χ1n) is 9.60. The minimum absolute atomic E-state index is 0.224. The lowest BCUT2D eigenvalue weighted by atomic mass is 10.1. The molecule has 6 nitrogen and oxygen atoms in total. The van der Waals surface area contributed by atoms with Crippen molar-refractivity contribution in [1.29, 1.82) is 0 Å². The van der Waals surface area contributed by atoms with Crippen LogP contribution in [0, 0.1) is 5.82 Å². The monoisotopic (exact) mass is 512 g/mol. The average Bonchev–Trinajstić information content (AvgIpc) is 3.07. The number of piperazine rings is 1. The van der Waals surface area contributed by atoms with Crippen molar-refractivity contribution in [2.24, 2.45) is 0 Å². The Bertz CT molecular complexity index is 1140. The zero-order valence-corrected chi connectivity index (χ0v) is 19.7. The Labute approximate surface area is 187 Å². The topological polar surface area (TPSA) is 65.5 Å². The molecule has 1 N–H and O–H groups in total. The third-order valence-corrected chi connectivity index (χ3v) is 8.94. The third-order valence-electron chi connectivity index (χ3n) is 5.19. The van der Waals surface area contributed by atoms with Crippen LogP contribution in [0.15, 0.2) is 45.2 Å². The van der Waals surface area contributed by atoms with Crippen molar-refractivity contribution >= 4 is 53.2 Å². The Morgan fingerprint density at radius 1 is 1.17 bits per heavy atom. The minimum atomic E-state index is -3.76. The van der Waals surface area contributed by atoms with Gasteiger partial charge in [-0.2, -0.15) is 0 Å². The fourth-order valence-electron chi connectivity index (χ4n) is 3.52. The van der Waals surface area contributed by atoms with E-state index in [0.29, 0.717) is 21.4 Å². The summed E-state index contributed by atoms with van der Waals surface area (Å²) in [4.78, 5) is 9.18. The van der Waals surface area contributed by atoms with Crippen molar-refractivity contribution < 1.29 is 12.8 Å². The van der Waals surface area contributed by atoms with Crippen LogP contribution in [0.2, 0.25) is 0 Å². The number of rotatable bonds is 6. The second-order valence-electron chi connectivity index (χ2n) is 7.28. The van der Waals surface area contributed by atoms with E-state index in [-0.39, 0.29) is 17.3 Å². The molecule has 1 fully saturated rings. The molecule has 0 bridgehead atoms. The lowest BCUT2D eigenvalue weighted by molar-refractivity contribution is 0.312. The summed E-state index contributed by atoms with van der Waals surface area (Å²) >= 11 is 4.86. The van der Waals surface area contributed by atoms with Crippen LogP contribution in [0.1, 0.15) is 5.56 Å². The Morgan fingerprint density at radius 2 is 1.87 bits per heavy atom. The molecule has 0 aliphatic carbocycles. The molecule has 10 heteroatoms. The predicted molar refractivity (Wildman–Crippen MR) is 122 cm³/mol. The van der Waals surface area contributed by atoms with E-state index in [2.05, 4.69) is 42.5 Å². The van der Waals surface area contributed by atoms with Crippen molar-refractivity contribution in [3.05, 3.63) is 51.7 Å². The van der Waals surface area contributed by atoms with Crippen molar-refractivity contribution in [3.8, 4) is 0 Å². The lowest BCUT2D eigenvalue weighted by Gasteiger charge is -2.33. The molecular formula is C20H22BrFN4O2S2. The summed E-state index contributed by atoms with van der Waals surface area (Å²) in [6, 6.07) is 7.92. The van der Waals surface area contributed by atoms with E-state index in [1.807, 2.05) is 6.07 Å². The van der Waals surface area contributed by atoms with Gasteiger partial charge in [-0.05, 0) is 53.2 Å². The van der Waals surface area contributed by atoms with Gasteiger partial charge in [0.2, 0.25) is 10.0 Å². The summed E-state index contributed by atoms with van der Waals surface area (Å²) in [6.45, 7) is 3.63. The number of hydrogen-bond acceptors (Lipinski definition) is 6. The fraction of sp³-hybridized carbons (Fsp3) is 0.350. The highest BCUT2D eigenvalue weighted by atomic mass is 79.9. The molecule has 3 aromatic rings. The molecule has 0 amide bonds. The maximum absolute atomic E-state index is 13.2. The Kier molecular flexibility index (Phi) is 6.40. The fourth-order valence-corrected chi connectivity index (χ4v) is 7.41. The van der Waals surface area contributed by atoms with Gasteiger partial charge in [0.05, 0.1) is 9.17 Å². The molecule has 2 aromatic heterocycles. The number of thiophene rings is 1. The summed E-state index contributed by atoms with van der Waals surface area (Å²) in [5.74, 6) is 0.401. The summed E-state index contributed by atoms with van der Waals surface area (Å²) < 4.78 is 43.6. The summed E-state index contributed by atoms with van der Waals surface area (Å²) in [7, 11) is -1.69. The normalized spacial score (nSPS) is 15.8. The van der Waals surface area contributed by atoms with Crippen LogP contribution >= 0.6 is 27.3 Å². The second kappa shape index (κ2) is 8.88. The summed E-state index contributed by atoms with van der Waals surface area (Å²) in [6.07, 6.45) is 2.21. The smallest absolute Gasteiger partial charge is 0.243 e. The van der Waals surface area contributed by atoms with Crippen LogP contribution in [0.5, 0.6) is 0 Å².